The van der Waals surface area contributed by atoms with Crippen molar-refractivity contribution in [3.8, 4) is 0 Å². The van der Waals surface area contributed by atoms with E-state index in [4.69, 9.17) is 5.11 Å². The fourth-order valence-corrected chi connectivity index (χ4v) is 1.42. The number of carboxylic acid groups (broad SMARTS) is 1. The van der Waals surface area contributed by atoms with Gasteiger partial charge in [0.2, 0.25) is 0 Å². The van der Waals surface area contributed by atoms with Crippen LogP contribution in [0.5, 0.6) is 0 Å². The maximum atomic E-state index is 13.6. The molecule has 7 nitrogen and oxygen atoms in total. The standard InChI is InChI=1S/C11H14FN3O4/c1-11(2,4-3-9(16)17)14-10-8(12)5-7(6-13-10)15(18)19/h5-6H,3-4H2,1-2H3,(H,13,14)(H,16,17). The summed E-state index contributed by atoms with van der Waals surface area (Å²) in [5.74, 6) is -1.94. The number of carboxylic acids is 1. The third-order valence-electron chi connectivity index (χ3n) is 2.46. The molecule has 1 aromatic heterocycles. The van der Waals surface area contributed by atoms with Crippen LogP contribution >= 0.6 is 0 Å². The molecule has 0 spiro atoms. The van der Waals surface area contributed by atoms with Gasteiger partial charge in [0.1, 0.15) is 6.20 Å². The highest BCUT2D eigenvalue weighted by atomic mass is 19.1. The second-order valence-corrected chi connectivity index (χ2v) is 4.68. The van der Waals surface area contributed by atoms with Crippen molar-refractivity contribution in [2.24, 2.45) is 0 Å². The molecule has 104 valence electrons. The van der Waals surface area contributed by atoms with Gasteiger partial charge in [0.25, 0.3) is 5.69 Å². The van der Waals surface area contributed by atoms with Crippen LogP contribution in [-0.4, -0.2) is 26.5 Å². The van der Waals surface area contributed by atoms with Gasteiger partial charge in [-0.2, -0.15) is 0 Å². The van der Waals surface area contributed by atoms with E-state index in [0.29, 0.717) is 0 Å². The molecule has 0 aliphatic heterocycles. The number of nitrogens with one attached hydrogen (secondary N) is 1. The van der Waals surface area contributed by atoms with Crippen molar-refractivity contribution in [3.05, 3.63) is 28.2 Å². The van der Waals surface area contributed by atoms with Gasteiger partial charge in [0.05, 0.1) is 11.0 Å². The van der Waals surface area contributed by atoms with Crippen molar-refractivity contribution in [1.29, 1.82) is 0 Å². The number of nitro groups is 1. The molecule has 8 heteroatoms. The molecule has 1 rings (SSSR count). The SMILES string of the molecule is CC(C)(CCC(=O)O)Nc1ncc([N+](=O)[O-])cc1F. The number of aliphatic carboxylic acids is 1. The van der Waals surface area contributed by atoms with E-state index >= 15 is 0 Å². The fourth-order valence-electron chi connectivity index (χ4n) is 1.42. The number of hydrogen-bond acceptors (Lipinski definition) is 5. The molecule has 0 amide bonds. The van der Waals surface area contributed by atoms with Crippen molar-refractivity contribution in [2.75, 3.05) is 5.32 Å². The smallest absolute Gasteiger partial charge is 0.303 e. The molecule has 0 aliphatic rings. The second-order valence-electron chi connectivity index (χ2n) is 4.68. The minimum Gasteiger partial charge on any atom is -0.481 e. The average molecular weight is 271 g/mol. The lowest BCUT2D eigenvalue weighted by Crippen LogP contribution is -2.32. The van der Waals surface area contributed by atoms with Crippen LogP contribution in [0, 0.1) is 15.9 Å². The fraction of sp³-hybridized carbons (Fsp3) is 0.455. The molecule has 2 N–H and O–H groups in total. The molecule has 0 unspecified atom stereocenters. The van der Waals surface area contributed by atoms with Crippen molar-refractivity contribution in [3.63, 3.8) is 0 Å². The van der Waals surface area contributed by atoms with Gasteiger partial charge in [-0.05, 0) is 20.3 Å². The Bertz CT molecular complexity index is 505. The number of halogens is 1. The molecular formula is C11H14FN3O4. The first-order valence-corrected chi connectivity index (χ1v) is 5.51. The predicted molar refractivity (Wildman–Crippen MR) is 65.4 cm³/mol. The van der Waals surface area contributed by atoms with Gasteiger partial charge in [-0.1, -0.05) is 0 Å². The third-order valence-corrected chi connectivity index (χ3v) is 2.46. The lowest BCUT2D eigenvalue weighted by molar-refractivity contribution is -0.385. The molecular weight excluding hydrogens is 257 g/mol. The molecule has 0 saturated heterocycles. The minimum absolute atomic E-state index is 0.0748. The molecule has 1 heterocycles. The van der Waals surface area contributed by atoms with Crippen LogP contribution in [0.15, 0.2) is 12.3 Å². The summed E-state index contributed by atoms with van der Waals surface area (Å²) in [6.45, 7) is 3.39. The molecule has 0 bridgehead atoms. The van der Waals surface area contributed by atoms with E-state index in [-0.39, 0.29) is 18.7 Å². The number of pyridine rings is 1. The van der Waals surface area contributed by atoms with Gasteiger partial charge in [0, 0.05) is 12.0 Å². The largest absolute Gasteiger partial charge is 0.481 e. The second kappa shape index (κ2) is 5.59. The summed E-state index contributed by atoms with van der Waals surface area (Å²) >= 11 is 0. The Hall–Kier alpha value is -2.25. The highest BCUT2D eigenvalue weighted by molar-refractivity contribution is 5.66. The zero-order chi connectivity index (χ0) is 14.6. The maximum absolute atomic E-state index is 13.6. The summed E-state index contributed by atoms with van der Waals surface area (Å²) in [5.41, 5.74) is -1.13. The van der Waals surface area contributed by atoms with Crippen molar-refractivity contribution < 1.29 is 19.2 Å². The Morgan fingerprint density at radius 2 is 2.26 bits per heavy atom. The van der Waals surface area contributed by atoms with Crippen LogP contribution in [0.1, 0.15) is 26.7 Å². The van der Waals surface area contributed by atoms with Gasteiger partial charge in [-0.3, -0.25) is 14.9 Å². The van der Waals surface area contributed by atoms with E-state index in [1.54, 1.807) is 13.8 Å². The topological polar surface area (TPSA) is 105 Å². The van der Waals surface area contributed by atoms with E-state index < -0.39 is 27.9 Å². The molecule has 19 heavy (non-hydrogen) atoms. The van der Waals surface area contributed by atoms with E-state index in [2.05, 4.69) is 10.3 Å². The van der Waals surface area contributed by atoms with E-state index in [9.17, 15) is 19.3 Å². The van der Waals surface area contributed by atoms with Crippen LogP contribution in [0.3, 0.4) is 0 Å². The molecule has 0 atom stereocenters. The Labute approximate surface area is 108 Å². The summed E-state index contributed by atoms with van der Waals surface area (Å²) in [6.07, 6.45) is 1.13. The quantitative estimate of drug-likeness (QED) is 0.606. The molecule has 0 saturated carbocycles. The minimum atomic E-state index is -0.952. The van der Waals surface area contributed by atoms with Gasteiger partial charge >= 0.3 is 5.97 Å². The predicted octanol–water partition coefficient (Wildman–Crippen LogP) is 2.18. The summed E-state index contributed by atoms with van der Waals surface area (Å²) < 4.78 is 13.6. The molecule has 0 aromatic carbocycles. The number of rotatable bonds is 6. The summed E-state index contributed by atoms with van der Waals surface area (Å²) in [5, 5.41) is 21.8. The zero-order valence-corrected chi connectivity index (χ0v) is 10.5. The van der Waals surface area contributed by atoms with E-state index in [1.165, 1.54) is 0 Å². The number of nitrogens with zero attached hydrogens (tertiary/aromatic N) is 2. The Morgan fingerprint density at radius 3 is 2.74 bits per heavy atom. The monoisotopic (exact) mass is 271 g/mol. The van der Waals surface area contributed by atoms with Gasteiger partial charge in [-0.15, -0.1) is 0 Å². The first-order valence-electron chi connectivity index (χ1n) is 5.51. The zero-order valence-electron chi connectivity index (χ0n) is 10.5. The maximum Gasteiger partial charge on any atom is 0.303 e. The molecule has 0 fully saturated rings. The van der Waals surface area contributed by atoms with Crippen molar-refractivity contribution in [2.45, 2.75) is 32.2 Å². The average Bonchev–Trinajstić information content (AvgIpc) is 2.29. The lowest BCUT2D eigenvalue weighted by Gasteiger charge is -2.26. The van der Waals surface area contributed by atoms with E-state index in [0.717, 1.165) is 12.3 Å². The number of anilines is 1. The normalized spacial score (nSPS) is 11.1. The Morgan fingerprint density at radius 1 is 1.63 bits per heavy atom. The molecule has 0 aliphatic carbocycles. The van der Waals surface area contributed by atoms with Crippen LogP contribution < -0.4 is 5.32 Å². The summed E-state index contributed by atoms with van der Waals surface area (Å²) in [4.78, 5) is 23.8. The Balaban J connectivity index is 2.81. The van der Waals surface area contributed by atoms with E-state index in [1.807, 2.05) is 0 Å². The summed E-state index contributed by atoms with van der Waals surface area (Å²) in [6, 6.07) is 0.766. The number of aromatic nitrogens is 1. The highest BCUT2D eigenvalue weighted by Gasteiger charge is 2.22. The third kappa shape index (κ3) is 4.49. The molecule has 0 radical (unpaired) electrons. The number of carbonyl (C=O) groups is 1. The first-order chi connectivity index (χ1) is 8.71. The van der Waals surface area contributed by atoms with Crippen molar-refractivity contribution in [1.82, 2.24) is 4.98 Å². The highest BCUT2D eigenvalue weighted by Crippen LogP contribution is 2.22. The lowest BCUT2D eigenvalue weighted by atomic mass is 9.98. The first kappa shape index (κ1) is 14.8. The summed E-state index contributed by atoms with van der Waals surface area (Å²) in [7, 11) is 0. The van der Waals surface area contributed by atoms with Crippen molar-refractivity contribution >= 4 is 17.5 Å². The number of hydrogen-bond donors (Lipinski definition) is 2. The van der Waals surface area contributed by atoms with Crippen LogP contribution in [0.2, 0.25) is 0 Å². The van der Waals surface area contributed by atoms with Crippen LogP contribution in [0.4, 0.5) is 15.9 Å². The Kier molecular flexibility index (Phi) is 4.36. The van der Waals surface area contributed by atoms with Gasteiger partial charge in [0.15, 0.2) is 11.6 Å². The van der Waals surface area contributed by atoms with Gasteiger partial charge < -0.3 is 10.4 Å². The van der Waals surface area contributed by atoms with Crippen LogP contribution in [0.25, 0.3) is 0 Å². The van der Waals surface area contributed by atoms with Gasteiger partial charge in [-0.25, -0.2) is 9.37 Å². The molecule has 1 aromatic rings. The van der Waals surface area contributed by atoms with Crippen LogP contribution in [-0.2, 0) is 4.79 Å².